The van der Waals surface area contributed by atoms with Crippen molar-refractivity contribution < 1.29 is 19.1 Å². The number of nitrogens with one attached hydrogen (secondary N) is 1. The molecule has 0 unspecified atom stereocenters. The van der Waals surface area contributed by atoms with Crippen LogP contribution in [0, 0.1) is 0 Å². The first-order valence-corrected chi connectivity index (χ1v) is 8.78. The van der Waals surface area contributed by atoms with Gasteiger partial charge in [0.1, 0.15) is 5.82 Å². The largest absolute Gasteiger partial charge is 0.454 e. The fourth-order valence-electron chi connectivity index (χ4n) is 3.12. The van der Waals surface area contributed by atoms with Crippen LogP contribution in [0.1, 0.15) is 17.3 Å². The van der Waals surface area contributed by atoms with E-state index in [4.69, 9.17) is 9.47 Å². The van der Waals surface area contributed by atoms with Gasteiger partial charge in [0.05, 0.1) is 5.56 Å². The second-order valence-electron chi connectivity index (χ2n) is 6.42. The summed E-state index contributed by atoms with van der Waals surface area (Å²) >= 11 is 0. The molecule has 140 valence electrons. The fourth-order valence-corrected chi connectivity index (χ4v) is 3.12. The Morgan fingerprint density at radius 1 is 1.00 bits per heavy atom. The first kappa shape index (κ1) is 17.1. The molecule has 0 spiro atoms. The molecule has 0 aliphatic carbocycles. The summed E-state index contributed by atoms with van der Waals surface area (Å²) < 4.78 is 10.7. The second-order valence-corrected chi connectivity index (χ2v) is 6.42. The van der Waals surface area contributed by atoms with Crippen molar-refractivity contribution in [1.82, 2.24) is 14.8 Å². The van der Waals surface area contributed by atoms with Crippen molar-refractivity contribution in [3.8, 4) is 11.5 Å². The standard InChI is InChI=1S/C19H20N4O4/c1-13(24)22-6-8-23(9-7-22)19(25)14-2-5-18(20-11-14)21-15-3-4-16-17(10-15)27-12-26-16/h2-5,10-11H,6-9,12H2,1H3,(H,20,21). The number of hydrogen-bond acceptors (Lipinski definition) is 6. The van der Waals surface area contributed by atoms with Crippen LogP contribution < -0.4 is 14.8 Å². The zero-order valence-electron chi connectivity index (χ0n) is 15.0. The van der Waals surface area contributed by atoms with E-state index < -0.39 is 0 Å². The Morgan fingerprint density at radius 2 is 1.74 bits per heavy atom. The maximum atomic E-state index is 12.6. The highest BCUT2D eigenvalue weighted by Crippen LogP contribution is 2.34. The topological polar surface area (TPSA) is 84.0 Å². The molecule has 8 nitrogen and oxygen atoms in total. The summed E-state index contributed by atoms with van der Waals surface area (Å²) in [5.41, 5.74) is 1.36. The lowest BCUT2D eigenvalue weighted by atomic mass is 10.2. The first-order chi connectivity index (χ1) is 13.1. The smallest absolute Gasteiger partial charge is 0.255 e. The van der Waals surface area contributed by atoms with E-state index in [1.54, 1.807) is 35.1 Å². The Balaban J connectivity index is 1.39. The molecular weight excluding hydrogens is 348 g/mol. The first-order valence-electron chi connectivity index (χ1n) is 8.78. The number of hydrogen-bond donors (Lipinski definition) is 1. The third kappa shape index (κ3) is 3.64. The van der Waals surface area contributed by atoms with E-state index in [9.17, 15) is 9.59 Å². The number of benzene rings is 1. The van der Waals surface area contributed by atoms with E-state index in [0.717, 1.165) is 11.4 Å². The van der Waals surface area contributed by atoms with Crippen molar-refractivity contribution in [2.75, 3.05) is 38.3 Å². The van der Waals surface area contributed by atoms with Crippen molar-refractivity contribution in [2.24, 2.45) is 0 Å². The third-order valence-corrected chi connectivity index (χ3v) is 4.67. The van der Waals surface area contributed by atoms with E-state index in [1.165, 1.54) is 0 Å². The van der Waals surface area contributed by atoms with Crippen molar-refractivity contribution in [2.45, 2.75) is 6.92 Å². The summed E-state index contributed by atoms with van der Waals surface area (Å²) in [5, 5.41) is 3.18. The lowest BCUT2D eigenvalue weighted by molar-refractivity contribution is -0.130. The van der Waals surface area contributed by atoms with Crippen LogP contribution in [0.2, 0.25) is 0 Å². The molecule has 1 aromatic heterocycles. The number of anilines is 2. The molecule has 3 heterocycles. The summed E-state index contributed by atoms with van der Waals surface area (Å²) in [6.45, 7) is 3.99. The summed E-state index contributed by atoms with van der Waals surface area (Å²) in [5.74, 6) is 2.02. The molecule has 4 rings (SSSR count). The normalized spacial score (nSPS) is 15.6. The zero-order chi connectivity index (χ0) is 18.8. The highest BCUT2D eigenvalue weighted by Gasteiger charge is 2.23. The van der Waals surface area contributed by atoms with E-state index in [2.05, 4.69) is 10.3 Å². The van der Waals surface area contributed by atoms with Gasteiger partial charge in [-0.15, -0.1) is 0 Å². The molecule has 1 N–H and O–H groups in total. The number of carbonyl (C=O) groups excluding carboxylic acids is 2. The molecule has 0 radical (unpaired) electrons. The molecule has 1 aromatic carbocycles. The van der Waals surface area contributed by atoms with Crippen LogP contribution in [-0.2, 0) is 4.79 Å². The summed E-state index contributed by atoms with van der Waals surface area (Å²) in [7, 11) is 0. The van der Waals surface area contributed by atoms with Crippen LogP contribution in [0.5, 0.6) is 11.5 Å². The average molecular weight is 368 g/mol. The van der Waals surface area contributed by atoms with Crippen molar-refractivity contribution >= 4 is 23.3 Å². The lowest BCUT2D eigenvalue weighted by Gasteiger charge is -2.34. The van der Waals surface area contributed by atoms with Crippen molar-refractivity contribution in [3.63, 3.8) is 0 Å². The molecule has 2 aromatic rings. The molecule has 8 heteroatoms. The lowest BCUT2D eigenvalue weighted by Crippen LogP contribution is -2.50. The number of carbonyl (C=O) groups is 2. The number of aromatic nitrogens is 1. The summed E-state index contributed by atoms with van der Waals surface area (Å²) in [6, 6.07) is 9.08. The van der Waals surface area contributed by atoms with Gasteiger partial charge in [0.15, 0.2) is 11.5 Å². The van der Waals surface area contributed by atoms with Crippen LogP contribution in [0.4, 0.5) is 11.5 Å². The van der Waals surface area contributed by atoms with E-state index in [1.807, 2.05) is 18.2 Å². The SMILES string of the molecule is CC(=O)N1CCN(C(=O)c2ccc(Nc3ccc4c(c3)OCO4)nc2)CC1. The van der Waals surface area contributed by atoms with Gasteiger partial charge in [0.25, 0.3) is 5.91 Å². The summed E-state index contributed by atoms with van der Waals surface area (Å²) in [6.07, 6.45) is 1.56. The van der Waals surface area contributed by atoms with Crippen LogP contribution in [-0.4, -0.2) is 59.6 Å². The van der Waals surface area contributed by atoms with Gasteiger partial charge in [0.2, 0.25) is 12.7 Å². The number of piperazine rings is 1. The minimum Gasteiger partial charge on any atom is -0.454 e. The van der Waals surface area contributed by atoms with Crippen LogP contribution in [0.15, 0.2) is 36.5 Å². The maximum Gasteiger partial charge on any atom is 0.255 e. The highest BCUT2D eigenvalue weighted by atomic mass is 16.7. The summed E-state index contributed by atoms with van der Waals surface area (Å²) in [4.78, 5) is 31.8. The second kappa shape index (κ2) is 7.14. The molecule has 2 aliphatic heterocycles. The van der Waals surface area contributed by atoms with E-state index in [-0.39, 0.29) is 18.6 Å². The van der Waals surface area contributed by atoms with Gasteiger partial charge >= 0.3 is 0 Å². The van der Waals surface area contributed by atoms with Gasteiger partial charge in [-0.1, -0.05) is 0 Å². The number of pyridine rings is 1. The van der Waals surface area contributed by atoms with E-state index >= 15 is 0 Å². The molecule has 0 bridgehead atoms. The van der Waals surface area contributed by atoms with E-state index in [0.29, 0.717) is 43.3 Å². The average Bonchev–Trinajstić information content (AvgIpc) is 3.16. The Bertz CT molecular complexity index is 861. The molecule has 0 saturated carbocycles. The van der Waals surface area contributed by atoms with Crippen molar-refractivity contribution in [3.05, 3.63) is 42.1 Å². The predicted octanol–water partition coefficient (Wildman–Crippen LogP) is 1.86. The maximum absolute atomic E-state index is 12.6. The highest BCUT2D eigenvalue weighted by molar-refractivity contribution is 5.94. The molecule has 2 amide bonds. The Morgan fingerprint density at radius 3 is 2.44 bits per heavy atom. The number of amides is 2. The fraction of sp³-hybridized carbons (Fsp3) is 0.316. The number of ether oxygens (including phenoxy) is 2. The van der Waals surface area contributed by atoms with Crippen LogP contribution in [0.25, 0.3) is 0 Å². The quantitative estimate of drug-likeness (QED) is 0.890. The third-order valence-electron chi connectivity index (χ3n) is 4.67. The predicted molar refractivity (Wildman–Crippen MR) is 98.2 cm³/mol. The van der Waals surface area contributed by atoms with Gasteiger partial charge in [0, 0.05) is 51.1 Å². The van der Waals surface area contributed by atoms with Gasteiger partial charge in [-0.2, -0.15) is 0 Å². The van der Waals surface area contributed by atoms with Gasteiger partial charge < -0.3 is 24.6 Å². The molecule has 0 atom stereocenters. The minimum atomic E-state index is -0.0691. The van der Waals surface area contributed by atoms with Crippen molar-refractivity contribution in [1.29, 1.82) is 0 Å². The van der Waals surface area contributed by atoms with Crippen LogP contribution in [0.3, 0.4) is 0 Å². The number of fused-ring (bicyclic) bond motifs is 1. The number of rotatable bonds is 3. The molecular formula is C19H20N4O4. The zero-order valence-corrected chi connectivity index (χ0v) is 15.0. The van der Waals surface area contributed by atoms with Gasteiger partial charge in [-0.05, 0) is 24.3 Å². The van der Waals surface area contributed by atoms with Gasteiger partial charge in [-0.3, -0.25) is 9.59 Å². The molecule has 1 fully saturated rings. The van der Waals surface area contributed by atoms with Gasteiger partial charge in [-0.25, -0.2) is 4.98 Å². The molecule has 1 saturated heterocycles. The molecule has 2 aliphatic rings. The van der Waals surface area contributed by atoms with Crippen LogP contribution >= 0.6 is 0 Å². The molecule has 27 heavy (non-hydrogen) atoms. The number of nitrogens with zero attached hydrogens (tertiary/aromatic N) is 3. The Kier molecular flexibility index (Phi) is 4.53. The Labute approximate surface area is 156 Å². The monoisotopic (exact) mass is 368 g/mol. The Hall–Kier alpha value is -3.29. The minimum absolute atomic E-state index is 0.0442.